The van der Waals surface area contributed by atoms with Crippen molar-refractivity contribution in [2.75, 3.05) is 13.7 Å². The summed E-state index contributed by atoms with van der Waals surface area (Å²) >= 11 is 0. The molecule has 27 heavy (non-hydrogen) atoms. The van der Waals surface area contributed by atoms with Gasteiger partial charge in [-0.1, -0.05) is 24.3 Å². The minimum atomic E-state index is -0.100. The molecule has 0 atom stereocenters. The van der Waals surface area contributed by atoms with Crippen LogP contribution in [0.15, 0.2) is 48.5 Å². The SMILES string of the molecule is CCOc1cc(/C=C/C(=O)c2ccccc2OC)ccc1OC1CCCC1. The number of rotatable bonds is 8. The molecule has 0 saturated heterocycles. The van der Waals surface area contributed by atoms with E-state index in [9.17, 15) is 4.79 Å². The van der Waals surface area contributed by atoms with Crippen molar-refractivity contribution >= 4 is 11.9 Å². The molecule has 2 aromatic rings. The van der Waals surface area contributed by atoms with E-state index < -0.39 is 0 Å². The Morgan fingerprint density at radius 1 is 1.07 bits per heavy atom. The smallest absolute Gasteiger partial charge is 0.189 e. The predicted molar refractivity (Wildman–Crippen MR) is 107 cm³/mol. The van der Waals surface area contributed by atoms with Gasteiger partial charge in [-0.2, -0.15) is 0 Å². The van der Waals surface area contributed by atoms with Gasteiger partial charge in [0.15, 0.2) is 17.3 Å². The third-order valence-electron chi connectivity index (χ3n) is 4.66. The first kappa shape index (κ1) is 19.0. The molecular formula is C23H26O4. The first-order valence-corrected chi connectivity index (χ1v) is 9.50. The van der Waals surface area contributed by atoms with E-state index >= 15 is 0 Å². The summed E-state index contributed by atoms with van der Waals surface area (Å²) in [6, 6.07) is 13.0. The fraction of sp³-hybridized carbons (Fsp3) is 0.348. The second-order valence-electron chi connectivity index (χ2n) is 6.56. The van der Waals surface area contributed by atoms with Crippen LogP contribution in [0.3, 0.4) is 0 Å². The van der Waals surface area contributed by atoms with Gasteiger partial charge in [-0.25, -0.2) is 0 Å². The lowest BCUT2D eigenvalue weighted by atomic mass is 10.1. The highest BCUT2D eigenvalue weighted by Crippen LogP contribution is 2.33. The lowest BCUT2D eigenvalue weighted by Crippen LogP contribution is -2.11. The molecule has 0 amide bonds. The third-order valence-corrected chi connectivity index (χ3v) is 4.66. The number of benzene rings is 2. The largest absolute Gasteiger partial charge is 0.496 e. The fourth-order valence-electron chi connectivity index (χ4n) is 3.29. The summed E-state index contributed by atoms with van der Waals surface area (Å²) in [6.45, 7) is 2.52. The van der Waals surface area contributed by atoms with Crippen LogP contribution in [0.5, 0.6) is 17.2 Å². The van der Waals surface area contributed by atoms with Crippen molar-refractivity contribution in [3.05, 3.63) is 59.7 Å². The summed E-state index contributed by atoms with van der Waals surface area (Å²) in [5.41, 5.74) is 1.43. The van der Waals surface area contributed by atoms with Crippen LogP contribution in [0.25, 0.3) is 6.08 Å². The van der Waals surface area contributed by atoms with Crippen molar-refractivity contribution in [1.82, 2.24) is 0 Å². The van der Waals surface area contributed by atoms with Crippen LogP contribution in [0.2, 0.25) is 0 Å². The molecule has 0 heterocycles. The Hall–Kier alpha value is -2.75. The Kier molecular flexibility index (Phi) is 6.53. The Bertz CT molecular complexity index is 804. The summed E-state index contributed by atoms with van der Waals surface area (Å²) in [4.78, 5) is 12.5. The molecule has 4 heteroatoms. The maximum absolute atomic E-state index is 12.5. The highest BCUT2D eigenvalue weighted by molar-refractivity contribution is 6.08. The maximum Gasteiger partial charge on any atom is 0.189 e. The minimum absolute atomic E-state index is 0.100. The number of ketones is 1. The number of hydrogen-bond donors (Lipinski definition) is 0. The summed E-state index contributed by atoms with van der Waals surface area (Å²) in [6.07, 6.45) is 8.26. The number of para-hydroxylation sites is 1. The molecule has 0 aliphatic heterocycles. The number of allylic oxidation sites excluding steroid dienone is 1. The van der Waals surface area contributed by atoms with Crippen LogP contribution in [-0.2, 0) is 0 Å². The molecular weight excluding hydrogens is 340 g/mol. The van der Waals surface area contributed by atoms with Crippen LogP contribution >= 0.6 is 0 Å². The third kappa shape index (κ3) is 4.91. The molecule has 1 aliphatic rings. The lowest BCUT2D eigenvalue weighted by molar-refractivity contribution is 0.104. The average molecular weight is 366 g/mol. The van der Waals surface area contributed by atoms with Gasteiger partial charge in [0.2, 0.25) is 0 Å². The number of hydrogen-bond acceptors (Lipinski definition) is 4. The van der Waals surface area contributed by atoms with Gasteiger partial charge in [-0.15, -0.1) is 0 Å². The van der Waals surface area contributed by atoms with Crippen molar-refractivity contribution in [3.63, 3.8) is 0 Å². The molecule has 0 radical (unpaired) electrons. The van der Waals surface area contributed by atoms with Gasteiger partial charge in [0.1, 0.15) is 5.75 Å². The molecule has 0 unspecified atom stereocenters. The molecule has 1 aliphatic carbocycles. The first-order valence-electron chi connectivity index (χ1n) is 9.50. The zero-order valence-corrected chi connectivity index (χ0v) is 15.9. The summed E-state index contributed by atoms with van der Waals surface area (Å²) in [5.74, 6) is 1.97. The van der Waals surface area contributed by atoms with Crippen LogP contribution in [0, 0.1) is 0 Å². The molecule has 4 nitrogen and oxygen atoms in total. The van der Waals surface area contributed by atoms with Gasteiger partial charge in [0.05, 0.1) is 25.4 Å². The standard InChI is InChI=1S/C23H26O4/c1-3-26-23-16-17(13-15-22(23)27-18-8-4-5-9-18)12-14-20(24)19-10-6-7-11-21(19)25-2/h6-7,10-16,18H,3-5,8-9H2,1-2H3/b14-12+. The summed E-state index contributed by atoms with van der Waals surface area (Å²) in [5, 5.41) is 0. The number of ether oxygens (including phenoxy) is 3. The van der Waals surface area contributed by atoms with Crippen LogP contribution in [-0.4, -0.2) is 25.6 Å². The van der Waals surface area contributed by atoms with Crippen molar-refractivity contribution in [1.29, 1.82) is 0 Å². The van der Waals surface area contributed by atoms with E-state index in [1.165, 1.54) is 12.8 Å². The van der Waals surface area contributed by atoms with Gasteiger partial charge >= 0.3 is 0 Å². The van der Waals surface area contributed by atoms with Gasteiger partial charge in [0.25, 0.3) is 0 Å². The van der Waals surface area contributed by atoms with E-state index in [1.807, 2.05) is 37.3 Å². The molecule has 1 fully saturated rings. The Morgan fingerprint density at radius 2 is 1.85 bits per heavy atom. The average Bonchev–Trinajstić information content (AvgIpc) is 3.21. The van der Waals surface area contributed by atoms with E-state index in [1.54, 1.807) is 31.4 Å². The molecule has 3 rings (SSSR count). The second kappa shape index (κ2) is 9.26. The Balaban J connectivity index is 1.76. The first-order chi connectivity index (χ1) is 13.2. The molecule has 1 saturated carbocycles. The highest BCUT2D eigenvalue weighted by Gasteiger charge is 2.18. The zero-order valence-electron chi connectivity index (χ0n) is 15.9. The summed E-state index contributed by atoms with van der Waals surface area (Å²) in [7, 11) is 1.56. The molecule has 0 spiro atoms. The Labute approximate surface area is 160 Å². The second-order valence-corrected chi connectivity index (χ2v) is 6.56. The molecule has 2 aromatic carbocycles. The van der Waals surface area contributed by atoms with Crippen LogP contribution < -0.4 is 14.2 Å². The van der Waals surface area contributed by atoms with E-state index in [0.29, 0.717) is 17.9 Å². The van der Waals surface area contributed by atoms with Gasteiger partial charge < -0.3 is 14.2 Å². The van der Waals surface area contributed by atoms with Crippen molar-refractivity contribution in [2.24, 2.45) is 0 Å². The van der Waals surface area contributed by atoms with Crippen LogP contribution in [0.4, 0.5) is 0 Å². The van der Waals surface area contributed by atoms with Crippen molar-refractivity contribution in [2.45, 2.75) is 38.7 Å². The monoisotopic (exact) mass is 366 g/mol. The highest BCUT2D eigenvalue weighted by atomic mass is 16.5. The van der Waals surface area contributed by atoms with Gasteiger partial charge in [0, 0.05) is 0 Å². The zero-order chi connectivity index (χ0) is 19.1. The van der Waals surface area contributed by atoms with E-state index in [4.69, 9.17) is 14.2 Å². The fourth-order valence-corrected chi connectivity index (χ4v) is 3.29. The van der Waals surface area contributed by atoms with E-state index in [0.717, 1.165) is 29.9 Å². The van der Waals surface area contributed by atoms with Crippen molar-refractivity contribution < 1.29 is 19.0 Å². The quantitative estimate of drug-likeness (QED) is 0.469. The van der Waals surface area contributed by atoms with E-state index in [-0.39, 0.29) is 11.9 Å². The number of methoxy groups -OCH3 is 1. The van der Waals surface area contributed by atoms with E-state index in [2.05, 4.69) is 0 Å². The summed E-state index contributed by atoms with van der Waals surface area (Å²) < 4.78 is 17.1. The lowest BCUT2D eigenvalue weighted by Gasteiger charge is -2.17. The molecule has 0 N–H and O–H groups in total. The predicted octanol–water partition coefficient (Wildman–Crippen LogP) is 5.31. The van der Waals surface area contributed by atoms with Crippen LogP contribution in [0.1, 0.15) is 48.5 Å². The molecule has 142 valence electrons. The van der Waals surface area contributed by atoms with Crippen molar-refractivity contribution in [3.8, 4) is 17.2 Å². The molecule has 0 aromatic heterocycles. The number of carbonyl (C=O) groups excluding carboxylic acids is 1. The Morgan fingerprint density at radius 3 is 2.59 bits per heavy atom. The van der Waals surface area contributed by atoms with Gasteiger partial charge in [-0.3, -0.25) is 4.79 Å². The minimum Gasteiger partial charge on any atom is -0.496 e. The maximum atomic E-state index is 12.5. The normalized spacial score (nSPS) is 14.4. The molecule has 0 bridgehead atoms. The number of carbonyl (C=O) groups is 1. The topological polar surface area (TPSA) is 44.8 Å². The van der Waals surface area contributed by atoms with Gasteiger partial charge in [-0.05, 0) is 68.5 Å².